The van der Waals surface area contributed by atoms with Gasteiger partial charge in [-0.3, -0.25) is 10.1 Å². The van der Waals surface area contributed by atoms with Crippen LogP contribution in [-0.4, -0.2) is 36.2 Å². The molecular weight excluding hydrogens is 348 g/mol. The Balaban J connectivity index is 2.90. The lowest BCUT2D eigenvalue weighted by Crippen LogP contribution is -2.53. The molecule has 0 fully saturated rings. The van der Waals surface area contributed by atoms with Crippen LogP contribution in [0, 0.1) is 10.1 Å². The fraction of sp³-hybridized carbons (Fsp3) is 0.650. The summed E-state index contributed by atoms with van der Waals surface area (Å²) in [5.74, 6) is -0.0877. The van der Waals surface area contributed by atoms with Gasteiger partial charge in [0.2, 0.25) is 0 Å². The van der Waals surface area contributed by atoms with Crippen molar-refractivity contribution in [3.8, 4) is 5.75 Å². The number of ether oxygens (including phenoxy) is 2. The second-order valence-electron chi connectivity index (χ2n) is 6.99. The molecule has 1 unspecified atom stereocenters. The SMILES string of the molecule is CCCCCCCC(CNc1ccc(OC)cc1)(C(=O)OC(C)C)[N+](=O)[O-]. The lowest BCUT2D eigenvalue weighted by Gasteiger charge is -2.25. The molecule has 1 atom stereocenters. The monoisotopic (exact) mass is 380 g/mol. The summed E-state index contributed by atoms with van der Waals surface area (Å²) in [4.78, 5) is 24.1. The number of rotatable bonds is 13. The van der Waals surface area contributed by atoms with E-state index in [-0.39, 0.29) is 13.0 Å². The Bertz CT molecular complexity index is 589. The van der Waals surface area contributed by atoms with Crippen molar-refractivity contribution < 1.29 is 19.2 Å². The van der Waals surface area contributed by atoms with Crippen molar-refractivity contribution in [2.45, 2.75) is 70.9 Å². The largest absolute Gasteiger partial charge is 0.497 e. The summed E-state index contributed by atoms with van der Waals surface area (Å²) < 4.78 is 10.3. The molecule has 0 heterocycles. The van der Waals surface area contributed by atoms with Gasteiger partial charge in [-0.25, -0.2) is 4.79 Å². The van der Waals surface area contributed by atoms with Crippen LogP contribution in [-0.2, 0) is 9.53 Å². The number of carbonyl (C=O) groups excluding carboxylic acids is 1. The van der Waals surface area contributed by atoms with Crippen LogP contribution in [0.1, 0.15) is 59.3 Å². The number of methoxy groups -OCH3 is 1. The Morgan fingerprint density at radius 3 is 2.33 bits per heavy atom. The number of benzene rings is 1. The van der Waals surface area contributed by atoms with E-state index in [1.807, 2.05) is 0 Å². The number of nitrogens with zero attached hydrogens (tertiary/aromatic N) is 1. The van der Waals surface area contributed by atoms with Crippen LogP contribution in [0.15, 0.2) is 24.3 Å². The number of esters is 1. The molecular formula is C20H32N2O5. The van der Waals surface area contributed by atoms with E-state index in [0.717, 1.165) is 25.7 Å². The Kier molecular flexibility index (Phi) is 9.61. The van der Waals surface area contributed by atoms with Crippen molar-refractivity contribution in [2.75, 3.05) is 19.0 Å². The normalized spacial score (nSPS) is 13.1. The first kappa shape index (κ1) is 22.7. The van der Waals surface area contributed by atoms with Gasteiger partial charge >= 0.3 is 11.5 Å². The highest BCUT2D eigenvalue weighted by Crippen LogP contribution is 2.24. The molecule has 1 N–H and O–H groups in total. The van der Waals surface area contributed by atoms with Crippen molar-refractivity contribution in [3.63, 3.8) is 0 Å². The zero-order valence-corrected chi connectivity index (χ0v) is 16.8. The first-order valence-electron chi connectivity index (χ1n) is 9.59. The number of hydrogen-bond donors (Lipinski definition) is 1. The summed E-state index contributed by atoms with van der Waals surface area (Å²) in [6, 6.07) is 7.04. The van der Waals surface area contributed by atoms with E-state index in [0.29, 0.717) is 17.9 Å². The van der Waals surface area contributed by atoms with Crippen LogP contribution >= 0.6 is 0 Å². The fourth-order valence-corrected chi connectivity index (χ4v) is 2.79. The molecule has 7 heteroatoms. The topological polar surface area (TPSA) is 90.7 Å². The molecule has 27 heavy (non-hydrogen) atoms. The highest BCUT2D eigenvalue weighted by Gasteiger charge is 2.52. The van der Waals surface area contributed by atoms with Crippen LogP contribution in [0.3, 0.4) is 0 Å². The Morgan fingerprint density at radius 1 is 1.19 bits per heavy atom. The molecule has 0 aliphatic heterocycles. The van der Waals surface area contributed by atoms with Gasteiger partial charge in [-0.15, -0.1) is 0 Å². The number of hydrogen-bond acceptors (Lipinski definition) is 6. The van der Waals surface area contributed by atoms with Gasteiger partial charge < -0.3 is 14.8 Å². The second kappa shape index (κ2) is 11.4. The molecule has 152 valence electrons. The highest BCUT2D eigenvalue weighted by molar-refractivity contribution is 5.80. The van der Waals surface area contributed by atoms with E-state index in [4.69, 9.17) is 9.47 Å². The molecule has 0 saturated carbocycles. The third kappa shape index (κ3) is 7.07. The standard InChI is InChI=1S/C20H32N2O5/c1-5-6-7-8-9-14-20(22(24)25,19(23)27-16(2)3)15-21-17-10-12-18(26-4)13-11-17/h10-13,16,21H,5-9,14-15H2,1-4H3. The minimum Gasteiger partial charge on any atom is -0.497 e. The molecule has 1 rings (SSSR count). The molecule has 1 aromatic rings. The van der Waals surface area contributed by atoms with Gasteiger partial charge in [0, 0.05) is 17.0 Å². The van der Waals surface area contributed by atoms with E-state index < -0.39 is 22.5 Å². The third-order valence-corrected chi connectivity index (χ3v) is 4.44. The summed E-state index contributed by atoms with van der Waals surface area (Å²) in [6.45, 7) is 5.38. The number of nitro groups is 1. The molecule has 0 saturated heterocycles. The molecule has 0 amide bonds. The van der Waals surface area contributed by atoms with Crippen molar-refractivity contribution in [2.24, 2.45) is 0 Å². The number of nitrogens with one attached hydrogen (secondary N) is 1. The Morgan fingerprint density at radius 2 is 1.81 bits per heavy atom. The Labute approximate surface area is 161 Å². The quantitative estimate of drug-likeness (QED) is 0.235. The number of carbonyl (C=O) groups is 1. The molecule has 0 spiro atoms. The molecule has 0 aromatic heterocycles. The van der Waals surface area contributed by atoms with Crippen LogP contribution in [0.5, 0.6) is 5.75 Å². The van der Waals surface area contributed by atoms with E-state index in [9.17, 15) is 14.9 Å². The zero-order chi connectivity index (χ0) is 20.3. The molecule has 0 aliphatic rings. The summed E-state index contributed by atoms with van der Waals surface area (Å²) >= 11 is 0. The summed E-state index contributed by atoms with van der Waals surface area (Å²) in [6.07, 6.45) is 4.41. The molecule has 0 bridgehead atoms. The first-order valence-corrected chi connectivity index (χ1v) is 9.59. The van der Waals surface area contributed by atoms with Gasteiger partial charge in [-0.1, -0.05) is 32.6 Å². The average molecular weight is 380 g/mol. The maximum Gasteiger partial charge on any atom is 0.387 e. The van der Waals surface area contributed by atoms with Crippen molar-refractivity contribution >= 4 is 11.7 Å². The van der Waals surface area contributed by atoms with Crippen LogP contribution < -0.4 is 10.1 Å². The average Bonchev–Trinajstić information content (AvgIpc) is 2.63. The smallest absolute Gasteiger partial charge is 0.387 e. The molecule has 0 radical (unpaired) electrons. The van der Waals surface area contributed by atoms with Gasteiger partial charge in [-0.2, -0.15) is 0 Å². The van der Waals surface area contributed by atoms with Gasteiger partial charge in [0.15, 0.2) is 0 Å². The van der Waals surface area contributed by atoms with Crippen molar-refractivity contribution in [1.29, 1.82) is 0 Å². The fourth-order valence-electron chi connectivity index (χ4n) is 2.79. The van der Waals surface area contributed by atoms with Crippen molar-refractivity contribution in [3.05, 3.63) is 34.4 Å². The van der Waals surface area contributed by atoms with Crippen LogP contribution in [0.25, 0.3) is 0 Å². The van der Waals surface area contributed by atoms with E-state index in [1.54, 1.807) is 45.2 Å². The van der Waals surface area contributed by atoms with Crippen LogP contribution in [0.2, 0.25) is 0 Å². The Hall–Kier alpha value is -2.31. The molecule has 1 aromatic carbocycles. The minimum atomic E-state index is -1.80. The molecule has 7 nitrogen and oxygen atoms in total. The third-order valence-electron chi connectivity index (χ3n) is 4.44. The predicted octanol–water partition coefficient (Wildman–Crippen LogP) is 4.43. The van der Waals surface area contributed by atoms with Gasteiger partial charge in [-0.05, 0) is 44.5 Å². The lowest BCUT2D eigenvalue weighted by molar-refractivity contribution is -0.553. The molecule has 0 aliphatic carbocycles. The number of unbranched alkanes of at least 4 members (excludes halogenated alkanes) is 4. The van der Waals surface area contributed by atoms with E-state index in [1.165, 1.54) is 0 Å². The maximum atomic E-state index is 12.6. The number of anilines is 1. The summed E-state index contributed by atoms with van der Waals surface area (Å²) in [5, 5.41) is 15.0. The van der Waals surface area contributed by atoms with Crippen molar-refractivity contribution in [1.82, 2.24) is 0 Å². The minimum absolute atomic E-state index is 0.119. The van der Waals surface area contributed by atoms with Gasteiger partial charge in [0.05, 0.1) is 19.8 Å². The van der Waals surface area contributed by atoms with E-state index >= 15 is 0 Å². The second-order valence-corrected chi connectivity index (χ2v) is 6.99. The predicted molar refractivity (Wildman–Crippen MR) is 106 cm³/mol. The summed E-state index contributed by atoms with van der Waals surface area (Å²) in [7, 11) is 1.57. The van der Waals surface area contributed by atoms with Crippen LogP contribution in [0.4, 0.5) is 5.69 Å². The first-order chi connectivity index (χ1) is 12.9. The highest BCUT2D eigenvalue weighted by atomic mass is 16.6. The lowest BCUT2D eigenvalue weighted by atomic mass is 9.92. The van der Waals surface area contributed by atoms with Gasteiger partial charge in [0.25, 0.3) is 0 Å². The van der Waals surface area contributed by atoms with Gasteiger partial charge in [0.1, 0.15) is 5.75 Å². The zero-order valence-electron chi connectivity index (χ0n) is 16.8. The maximum absolute atomic E-state index is 12.6. The van der Waals surface area contributed by atoms with E-state index in [2.05, 4.69) is 12.2 Å². The summed E-state index contributed by atoms with van der Waals surface area (Å²) in [5.41, 5.74) is -1.11.